The fraction of sp³-hybridized carbons (Fsp3) is 0.0476. The van der Waals surface area contributed by atoms with E-state index in [1.807, 2.05) is 49.4 Å². The van der Waals surface area contributed by atoms with Crippen molar-refractivity contribution in [2.45, 2.75) is 6.92 Å². The maximum Gasteiger partial charge on any atom is 0.227 e. The zero-order valence-electron chi connectivity index (χ0n) is 14.3. The minimum atomic E-state index is 0.145. The van der Waals surface area contributed by atoms with Gasteiger partial charge in [-0.05, 0) is 64.8 Å². The molecule has 0 unspecified atom stereocenters. The van der Waals surface area contributed by atoms with E-state index in [4.69, 9.17) is 4.42 Å². The Balaban J connectivity index is 1.69. The van der Waals surface area contributed by atoms with Crippen molar-refractivity contribution in [2.75, 3.05) is 0 Å². The molecule has 0 saturated heterocycles. The van der Waals surface area contributed by atoms with E-state index in [0.29, 0.717) is 21.5 Å². The second-order valence-corrected chi connectivity index (χ2v) is 7.84. The van der Waals surface area contributed by atoms with Crippen LogP contribution in [0.2, 0.25) is 0 Å². The second kappa shape index (κ2) is 7.29. The Bertz CT molecular complexity index is 1180. The molecule has 0 aliphatic rings. The SMILES string of the molecule is Cc1ccccc1-c1nc2cc(N=Cc3cc(Br)cc(Br)c3O)ccc2o1. The predicted molar refractivity (Wildman–Crippen MR) is 115 cm³/mol. The number of aryl methyl sites for hydroxylation is 1. The van der Waals surface area contributed by atoms with Gasteiger partial charge in [-0.15, -0.1) is 0 Å². The number of aliphatic imine (C=N–C) groups is 1. The van der Waals surface area contributed by atoms with Crippen LogP contribution in [0.5, 0.6) is 5.75 Å². The van der Waals surface area contributed by atoms with Crippen LogP contribution in [0.25, 0.3) is 22.6 Å². The topological polar surface area (TPSA) is 58.6 Å². The molecule has 0 amide bonds. The van der Waals surface area contributed by atoms with Gasteiger partial charge in [0.1, 0.15) is 11.3 Å². The van der Waals surface area contributed by atoms with Crippen LogP contribution in [0.1, 0.15) is 11.1 Å². The van der Waals surface area contributed by atoms with Crippen LogP contribution in [-0.4, -0.2) is 16.3 Å². The van der Waals surface area contributed by atoms with E-state index in [1.165, 1.54) is 0 Å². The maximum absolute atomic E-state index is 10.1. The van der Waals surface area contributed by atoms with Crippen molar-refractivity contribution >= 4 is 54.9 Å². The van der Waals surface area contributed by atoms with Gasteiger partial charge in [0.05, 0.1) is 10.2 Å². The quantitative estimate of drug-likeness (QED) is 0.325. The number of halogens is 2. The van der Waals surface area contributed by atoms with Crippen molar-refractivity contribution in [2.24, 2.45) is 4.99 Å². The van der Waals surface area contributed by atoms with Crippen LogP contribution in [-0.2, 0) is 0 Å². The number of aromatic nitrogens is 1. The number of oxazole rings is 1. The Hall–Kier alpha value is -2.44. The van der Waals surface area contributed by atoms with Gasteiger partial charge in [-0.25, -0.2) is 4.98 Å². The third-order valence-corrected chi connectivity index (χ3v) is 5.22. The van der Waals surface area contributed by atoms with E-state index in [-0.39, 0.29) is 5.75 Å². The maximum atomic E-state index is 10.1. The molecule has 4 rings (SSSR count). The third-order valence-electron chi connectivity index (χ3n) is 4.16. The molecule has 0 aliphatic carbocycles. The van der Waals surface area contributed by atoms with Crippen LogP contribution in [0.15, 0.2) is 73.0 Å². The number of phenols is 1. The predicted octanol–water partition coefficient (Wildman–Crippen LogP) is 6.78. The van der Waals surface area contributed by atoms with Crippen LogP contribution >= 0.6 is 31.9 Å². The lowest BCUT2D eigenvalue weighted by Gasteiger charge is -2.02. The molecule has 0 fully saturated rings. The van der Waals surface area contributed by atoms with Crippen LogP contribution in [0, 0.1) is 6.92 Å². The summed E-state index contributed by atoms with van der Waals surface area (Å²) < 4.78 is 7.34. The smallest absolute Gasteiger partial charge is 0.227 e. The average Bonchev–Trinajstić information content (AvgIpc) is 3.07. The third kappa shape index (κ3) is 3.68. The molecule has 4 nitrogen and oxygen atoms in total. The van der Waals surface area contributed by atoms with E-state index in [0.717, 1.165) is 26.8 Å². The first kappa shape index (κ1) is 17.9. The van der Waals surface area contributed by atoms with Crippen molar-refractivity contribution in [3.05, 3.63) is 74.7 Å². The largest absolute Gasteiger partial charge is 0.506 e. The number of fused-ring (bicyclic) bond motifs is 1. The molecule has 0 atom stereocenters. The van der Waals surface area contributed by atoms with Crippen molar-refractivity contribution in [1.82, 2.24) is 4.98 Å². The summed E-state index contributed by atoms with van der Waals surface area (Å²) in [5.41, 5.74) is 4.86. The lowest BCUT2D eigenvalue weighted by atomic mass is 10.1. The average molecular weight is 486 g/mol. The minimum absolute atomic E-state index is 0.145. The van der Waals surface area contributed by atoms with E-state index < -0.39 is 0 Å². The summed E-state index contributed by atoms with van der Waals surface area (Å²) in [7, 11) is 0. The molecule has 134 valence electrons. The molecule has 0 saturated carbocycles. The lowest BCUT2D eigenvalue weighted by Crippen LogP contribution is -1.84. The summed E-state index contributed by atoms with van der Waals surface area (Å²) in [6, 6.07) is 17.1. The summed E-state index contributed by atoms with van der Waals surface area (Å²) >= 11 is 6.73. The van der Waals surface area contributed by atoms with Crippen molar-refractivity contribution in [3.8, 4) is 17.2 Å². The molecule has 27 heavy (non-hydrogen) atoms. The summed E-state index contributed by atoms with van der Waals surface area (Å²) in [5.74, 6) is 0.740. The molecule has 1 N–H and O–H groups in total. The van der Waals surface area contributed by atoms with Crippen molar-refractivity contribution in [3.63, 3.8) is 0 Å². The fourth-order valence-electron chi connectivity index (χ4n) is 2.75. The van der Waals surface area contributed by atoms with Gasteiger partial charge in [0.25, 0.3) is 0 Å². The molecule has 0 spiro atoms. The van der Waals surface area contributed by atoms with Crippen LogP contribution < -0.4 is 0 Å². The summed E-state index contributed by atoms with van der Waals surface area (Å²) in [5, 5.41) is 10.1. The Morgan fingerprint density at radius 1 is 1.07 bits per heavy atom. The van der Waals surface area contributed by atoms with Crippen molar-refractivity contribution in [1.29, 1.82) is 0 Å². The Kier molecular flexibility index (Phi) is 4.85. The first-order valence-electron chi connectivity index (χ1n) is 8.20. The molecule has 1 heterocycles. The van der Waals surface area contributed by atoms with Gasteiger partial charge in [-0.3, -0.25) is 4.99 Å². The molecule has 0 bridgehead atoms. The van der Waals surface area contributed by atoms with Gasteiger partial charge >= 0.3 is 0 Å². The molecule has 0 aliphatic heterocycles. The fourth-order valence-corrected chi connectivity index (χ4v) is 4.01. The van der Waals surface area contributed by atoms with Crippen molar-refractivity contribution < 1.29 is 9.52 Å². The highest BCUT2D eigenvalue weighted by molar-refractivity contribution is 9.11. The summed E-state index contributed by atoms with van der Waals surface area (Å²) in [6.07, 6.45) is 1.62. The number of hydrogen-bond donors (Lipinski definition) is 1. The Morgan fingerprint density at radius 2 is 1.89 bits per heavy atom. The number of benzene rings is 3. The highest BCUT2D eigenvalue weighted by Crippen LogP contribution is 2.32. The van der Waals surface area contributed by atoms with E-state index >= 15 is 0 Å². The number of hydrogen-bond acceptors (Lipinski definition) is 4. The highest BCUT2D eigenvalue weighted by atomic mass is 79.9. The Morgan fingerprint density at radius 3 is 2.70 bits per heavy atom. The van der Waals surface area contributed by atoms with Gasteiger partial charge in [0.2, 0.25) is 5.89 Å². The molecule has 4 aromatic rings. The molecule has 3 aromatic carbocycles. The molecule has 6 heteroatoms. The summed E-state index contributed by atoms with van der Waals surface area (Å²) in [6.45, 7) is 2.03. The first-order chi connectivity index (χ1) is 13.0. The zero-order valence-corrected chi connectivity index (χ0v) is 17.5. The number of phenolic OH excluding ortho intramolecular Hbond substituents is 1. The summed E-state index contributed by atoms with van der Waals surface area (Å²) in [4.78, 5) is 9.06. The number of rotatable bonds is 3. The number of nitrogens with zero attached hydrogens (tertiary/aromatic N) is 2. The monoisotopic (exact) mass is 484 g/mol. The minimum Gasteiger partial charge on any atom is -0.506 e. The van der Waals surface area contributed by atoms with E-state index in [9.17, 15) is 5.11 Å². The van der Waals surface area contributed by atoms with Gasteiger partial charge in [0.15, 0.2) is 5.58 Å². The van der Waals surface area contributed by atoms with Gasteiger partial charge < -0.3 is 9.52 Å². The molecule has 1 aromatic heterocycles. The van der Waals surface area contributed by atoms with E-state index in [1.54, 1.807) is 18.3 Å². The van der Waals surface area contributed by atoms with Crippen LogP contribution in [0.4, 0.5) is 5.69 Å². The Labute approximate surface area is 172 Å². The highest BCUT2D eigenvalue weighted by Gasteiger charge is 2.11. The van der Waals surface area contributed by atoms with Crippen LogP contribution in [0.3, 0.4) is 0 Å². The van der Waals surface area contributed by atoms with E-state index in [2.05, 4.69) is 41.8 Å². The molecular formula is C21H14Br2N2O2. The van der Waals surface area contributed by atoms with Gasteiger partial charge in [0, 0.05) is 21.8 Å². The zero-order chi connectivity index (χ0) is 19.0. The lowest BCUT2D eigenvalue weighted by molar-refractivity contribution is 0.471. The standard InChI is InChI=1S/C21H14Br2N2O2/c1-12-4-2-3-5-16(12)21-25-18-10-15(6-7-19(18)27-21)24-11-13-8-14(22)9-17(23)20(13)26/h2-11,26H,1H3. The number of aromatic hydroxyl groups is 1. The normalized spacial score (nSPS) is 11.5. The van der Waals surface area contributed by atoms with Gasteiger partial charge in [-0.1, -0.05) is 34.1 Å². The molecular weight excluding hydrogens is 472 g/mol. The molecule has 0 radical (unpaired) electrons. The van der Waals surface area contributed by atoms with Gasteiger partial charge in [-0.2, -0.15) is 0 Å². The second-order valence-electron chi connectivity index (χ2n) is 6.07. The first-order valence-corrected chi connectivity index (χ1v) is 9.78.